The van der Waals surface area contributed by atoms with Gasteiger partial charge in [0.1, 0.15) is 0 Å². The Bertz CT molecular complexity index is 1500. The van der Waals surface area contributed by atoms with Crippen molar-refractivity contribution >= 4 is 40.4 Å². The zero-order valence-corrected chi connectivity index (χ0v) is 20.5. The number of thioether (sulfide) groups is 1. The number of hydrogen-bond donors (Lipinski definition) is 2. The minimum Gasteiger partial charge on any atom is -0.335 e. The van der Waals surface area contributed by atoms with Crippen LogP contribution in [-0.4, -0.2) is 42.4 Å². The summed E-state index contributed by atoms with van der Waals surface area (Å²) in [7, 11) is 0. The zero-order valence-electron chi connectivity index (χ0n) is 19.7. The third kappa shape index (κ3) is 4.41. The maximum absolute atomic E-state index is 13.6. The first-order valence-corrected chi connectivity index (χ1v) is 12.5. The maximum atomic E-state index is 13.6. The van der Waals surface area contributed by atoms with Crippen LogP contribution in [0.5, 0.6) is 0 Å². The fourth-order valence-corrected chi connectivity index (χ4v) is 4.88. The van der Waals surface area contributed by atoms with Crippen LogP contribution in [0.3, 0.4) is 0 Å². The van der Waals surface area contributed by atoms with Crippen molar-refractivity contribution in [2.45, 2.75) is 56.0 Å². The highest BCUT2D eigenvalue weighted by atomic mass is 32.2. The van der Waals surface area contributed by atoms with Crippen molar-refractivity contribution in [1.29, 1.82) is 0 Å². The van der Waals surface area contributed by atoms with E-state index in [0.717, 1.165) is 24.1 Å². The summed E-state index contributed by atoms with van der Waals surface area (Å²) < 4.78 is 3.38. The highest BCUT2D eigenvalue weighted by molar-refractivity contribution is 8.00. The van der Waals surface area contributed by atoms with E-state index >= 15 is 0 Å². The van der Waals surface area contributed by atoms with Crippen LogP contribution in [0.4, 0.5) is 4.79 Å². The number of rotatable bonds is 6. The van der Waals surface area contributed by atoms with Gasteiger partial charge in [-0.2, -0.15) is 0 Å². The van der Waals surface area contributed by atoms with Crippen LogP contribution in [0.25, 0.3) is 22.4 Å². The van der Waals surface area contributed by atoms with Gasteiger partial charge < -0.3 is 5.32 Å². The number of aromatic nitrogens is 4. The van der Waals surface area contributed by atoms with Crippen LogP contribution < -0.4 is 16.2 Å². The molecule has 9 nitrogen and oxygen atoms in total. The Balaban J connectivity index is 1.59. The van der Waals surface area contributed by atoms with Gasteiger partial charge in [0.25, 0.3) is 5.56 Å². The minimum absolute atomic E-state index is 0.156. The van der Waals surface area contributed by atoms with Gasteiger partial charge in [0, 0.05) is 6.04 Å². The van der Waals surface area contributed by atoms with E-state index in [2.05, 4.69) is 34.7 Å². The SMILES string of the molecule is CC(Sc1nnc2n(-c3ccccc3C(C)C)c(=O)c3ccccc3n12)C(=O)NC(=O)NC1CC1. The predicted molar refractivity (Wildman–Crippen MR) is 135 cm³/mol. The largest absolute Gasteiger partial charge is 0.335 e. The smallest absolute Gasteiger partial charge is 0.321 e. The van der Waals surface area contributed by atoms with Crippen LogP contribution in [-0.2, 0) is 4.79 Å². The Morgan fingerprint density at radius 2 is 1.74 bits per heavy atom. The number of carbonyl (C=O) groups excluding carboxylic acids is 2. The second kappa shape index (κ2) is 9.18. The predicted octanol–water partition coefficient (Wildman–Crippen LogP) is 3.63. The summed E-state index contributed by atoms with van der Waals surface area (Å²) in [5.41, 5.74) is 2.22. The van der Waals surface area contributed by atoms with E-state index in [1.807, 2.05) is 42.5 Å². The summed E-state index contributed by atoms with van der Waals surface area (Å²) in [4.78, 5) is 38.3. The van der Waals surface area contributed by atoms with Gasteiger partial charge in [-0.25, -0.2) is 9.36 Å². The lowest BCUT2D eigenvalue weighted by molar-refractivity contribution is -0.119. The molecular formula is C25H26N6O3S. The molecule has 1 aliphatic carbocycles. The van der Waals surface area contributed by atoms with Crippen LogP contribution in [0.1, 0.15) is 45.1 Å². The summed E-state index contributed by atoms with van der Waals surface area (Å²) in [5.74, 6) is 0.128. The lowest BCUT2D eigenvalue weighted by Gasteiger charge is -2.17. The van der Waals surface area contributed by atoms with Crippen molar-refractivity contribution in [3.8, 4) is 5.69 Å². The van der Waals surface area contributed by atoms with Gasteiger partial charge in [0.2, 0.25) is 11.7 Å². The number of imide groups is 1. The van der Waals surface area contributed by atoms with Crippen molar-refractivity contribution in [3.05, 3.63) is 64.4 Å². The van der Waals surface area contributed by atoms with Gasteiger partial charge in [-0.3, -0.25) is 19.3 Å². The third-order valence-electron chi connectivity index (χ3n) is 6.00. The molecule has 2 heterocycles. The minimum atomic E-state index is -0.616. The van der Waals surface area contributed by atoms with E-state index < -0.39 is 17.2 Å². The number of carbonyl (C=O) groups is 2. The molecule has 5 rings (SSSR count). The Morgan fingerprint density at radius 3 is 2.49 bits per heavy atom. The quantitative estimate of drug-likeness (QED) is 0.400. The first kappa shape index (κ1) is 23.1. The molecule has 4 aromatic rings. The Morgan fingerprint density at radius 1 is 1.03 bits per heavy atom. The molecule has 1 saturated carbocycles. The fraction of sp³-hybridized carbons (Fsp3) is 0.320. The molecule has 1 fully saturated rings. The van der Waals surface area contributed by atoms with E-state index in [-0.39, 0.29) is 17.5 Å². The molecule has 0 saturated heterocycles. The first-order chi connectivity index (χ1) is 16.8. The average Bonchev–Trinajstić information content (AvgIpc) is 3.56. The highest BCUT2D eigenvalue weighted by Gasteiger charge is 2.27. The summed E-state index contributed by atoms with van der Waals surface area (Å²) in [6, 6.07) is 14.7. The van der Waals surface area contributed by atoms with E-state index in [9.17, 15) is 14.4 Å². The van der Waals surface area contributed by atoms with Crippen molar-refractivity contribution in [2.24, 2.45) is 0 Å². The first-order valence-electron chi connectivity index (χ1n) is 11.6. The molecule has 2 N–H and O–H groups in total. The van der Waals surface area contributed by atoms with E-state index in [0.29, 0.717) is 21.8 Å². The molecule has 1 unspecified atom stereocenters. The van der Waals surface area contributed by atoms with Gasteiger partial charge in [-0.1, -0.05) is 55.9 Å². The molecule has 180 valence electrons. The van der Waals surface area contributed by atoms with Crippen LogP contribution in [0.15, 0.2) is 58.5 Å². The molecule has 0 spiro atoms. The van der Waals surface area contributed by atoms with Gasteiger partial charge in [-0.05, 0) is 49.4 Å². The highest BCUT2D eigenvalue weighted by Crippen LogP contribution is 2.28. The van der Waals surface area contributed by atoms with Crippen molar-refractivity contribution in [1.82, 2.24) is 29.8 Å². The average molecular weight is 491 g/mol. The number of fused-ring (bicyclic) bond motifs is 3. The molecule has 0 radical (unpaired) electrons. The van der Waals surface area contributed by atoms with Crippen molar-refractivity contribution in [3.63, 3.8) is 0 Å². The molecule has 35 heavy (non-hydrogen) atoms. The van der Waals surface area contributed by atoms with Crippen molar-refractivity contribution in [2.75, 3.05) is 0 Å². The summed E-state index contributed by atoms with van der Waals surface area (Å²) in [5, 5.41) is 14.2. The number of nitrogens with zero attached hydrogens (tertiary/aromatic N) is 4. The van der Waals surface area contributed by atoms with Gasteiger partial charge >= 0.3 is 6.03 Å². The normalized spacial score (nSPS) is 14.4. The fourth-order valence-electron chi connectivity index (χ4n) is 4.03. The molecule has 0 aliphatic heterocycles. The second-order valence-corrected chi connectivity index (χ2v) is 10.3. The Labute approximate surface area is 205 Å². The molecule has 1 aliphatic rings. The van der Waals surface area contributed by atoms with Gasteiger partial charge in [0.05, 0.1) is 21.8 Å². The molecule has 1 atom stereocenters. The van der Waals surface area contributed by atoms with Gasteiger partial charge in [-0.15, -0.1) is 10.2 Å². The zero-order chi connectivity index (χ0) is 24.7. The number of urea groups is 1. The number of hydrogen-bond acceptors (Lipinski definition) is 6. The summed E-state index contributed by atoms with van der Waals surface area (Å²) >= 11 is 1.18. The lowest BCUT2D eigenvalue weighted by atomic mass is 10.0. The van der Waals surface area contributed by atoms with Crippen molar-refractivity contribution < 1.29 is 9.59 Å². The summed E-state index contributed by atoms with van der Waals surface area (Å²) in [6.45, 7) is 5.86. The molecule has 3 amide bonds. The molecule has 0 bridgehead atoms. The third-order valence-corrected chi connectivity index (χ3v) is 7.04. The summed E-state index contributed by atoms with van der Waals surface area (Å²) in [6.07, 6.45) is 1.87. The molecule has 2 aromatic carbocycles. The second-order valence-electron chi connectivity index (χ2n) is 8.99. The lowest BCUT2D eigenvalue weighted by Crippen LogP contribution is -2.43. The molecule has 2 aromatic heterocycles. The van der Waals surface area contributed by atoms with Crippen LogP contribution in [0.2, 0.25) is 0 Å². The number of amides is 3. The number of benzene rings is 2. The topological polar surface area (TPSA) is 110 Å². The Kier molecular flexibility index (Phi) is 6.06. The van der Waals surface area contributed by atoms with E-state index in [1.54, 1.807) is 22.0 Å². The number of nitrogens with one attached hydrogen (secondary N) is 2. The van der Waals surface area contributed by atoms with E-state index in [4.69, 9.17) is 0 Å². The van der Waals surface area contributed by atoms with Crippen LogP contribution in [0, 0.1) is 0 Å². The maximum Gasteiger partial charge on any atom is 0.321 e. The molecule has 10 heteroatoms. The monoisotopic (exact) mass is 490 g/mol. The van der Waals surface area contributed by atoms with Crippen LogP contribution >= 0.6 is 11.8 Å². The van der Waals surface area contributed by atoms with Gasteiger partial charge in [0.15, 0.2) is 5.16 Å². The standard InChI is InChI=1S/C25H26N6O3S/c1-14(2)17-8-4-6-10-19(17)30-22(33)18-9-5-7-11-20(18)31-24(30)28-29-25(31)35-15(3)21(32)27-23(34)26-16-12-13-16/h4-11,14-16H,12-13H2,1-3H3,(H2,26,27,32,34). The molecular weight excluding hydrogens is 464 g/mol. The number of para-hydroxylation sites is 2. The Hall–Kier alpha value is -3.66. The van der Waals surface area contributed by atoms with E-state index in [1.165, 1.54) is 11.8 Å².